The number of ether oxygens (including phenoxy) is 1. The van der Waals surface area contributed by atoms with Crippen molar-refractivity contribution < 1.29 is 32.3 Å². The lowest BCUT2D eigenvalue weighted by molar-refractivity contribution is -0.148. The Morgan fingerprint density at radius 2 is 1.62 bits per heavy atom. The molecular formula is C31H39N3O7S. The van der Waals surface area contributed by atoms with E-state index in [0.29, 0.717) is 44.2 Å². The third-order valence-corrected chi connectivity index (χ3v) is 10.4. The van der Waals surface area contributed by atoms with E-state index in [0.717, 1.165) is 9.69 Å². The van der Waals surface area contributed by atoms with Gasteiger partial charge in [0.25, 0.3) is 15.9 Å². The lowest BCUT2D eigenvalue weighted by Crippen LogP contribution is -2.49. The minimum atomic E-state index is -4.23. The van der Waals surface area contributed by atoms with E-state index in [2.05, 4.69) is 0 Å². The van der Waals surface area contributed by atoms with E-state index in [9.17, 15) is 27.6 Å². The average Bonchev–Trinajstić information content (AvgIpc) is 3.49. The van der Waals surface area contributed by atoms with Crippen LogP contribution in [0.25, 0.3) is 10.8 Å². The number of rotatable bonds is 6. The van der Waals surface area contributed by atoms with Crippen LogP contribution in [0, 0.1) is 11.8 Å². The van der Waals surface area contributed by atoms with Crippen molar-refractivity contribution in [3.8, 4) is 0 Å². The Labute approximate surface area is 247 Å². The van der Waals surface area contributed by atoms with Gasteiger partial charge in [0.15, 0.2) is 0 Å². The van der Waals surface area contributed by atoms with E-state index in [1.54, 1.807) is 43.9 Å². The van der Waals surface area contributed by atoms with Gasteiger partial charge in [-0.3, -0.25) is 14.4 Å². The molecule has 3 aliphatic heterocycles. The van der Waals surface area contributed by atoms with Crippen molar-refractivity contribution in [1.29, 1.82) is 0 Å². The van der Waals surface area contributed by atoms with Crippen LogP contribution in [0.2, 0.25) is 0 Å². The number of nitrogens with zero attached hydrogens (tertiary/aromatic N) is 3. The predicted molar refractivity (Wildman–Crippen MR) is 156 cm³/mol. The van der Waals surface area contributed by atoms with E-state index in [4.69, 9.17) is 4.74 Å². The van der Waals surface area contributed by atoms with E-state index in [-0.39, 0.29) is 17.9 Å². The summed E-state index contributed by atoms with van der Waals surface area (Å²) in [6.07, 6.45) is 1.54. The molecule has 2 aromatic rings. The van der Waals surface area contributed by atoms with Crippen molar-refractivity contribution >= 4 is 44.5 Å². The Morgan fingerprint density at radius 3 is 2.29 bits per heavy atom. The van der Waals surface area contributed by atoms with Crippen LogP contribution in [-0.2, 0) is 29.1 Å². The lowest BCUT2D eigenvalue weighted by atomic mass is 9.90. The van der Waals surface area contributed by atoms with Gasteiger partial charge in [0, 0.05) is 30.9 Å². The first-order valence-corrected chi connectivity index (χ1v) is 16.2. The van der Waals surface area contributed by atoms with Crippen LogP contribution in [-0.4, -0.2) is 83.5 Å². The number of carbonyl (C=O) groups excluding carboxylic acids is 4. The molecule has 5 rings (SSSR count). The molecule has 3 saturated heterocycles. The van der Waals surface area contributed by atoms with E-state index in [1.165, 1.54) is 11.0 Å². The number of piperidine rings is 1. The van der Waals surface area contributed by atoms with Gasteiger partial charge in [0.05, 0.1) is 22.9 Å². The molecule has 0 spiro atoms. The Balaban J connectivity index is 1.35. The number of Topliss-reactive ketones (excluding diaryl/α,β-unsaturated/α-hetero) is 1. The van der Waals surface area contributed by atoms with Crippen molar-refractivity contribution in [2.45, 2.75) is 82.4 Å². The highest BCUT2D eigenvalue weighted by Crippen LogP contribution is 2.43. The second-order valence-electron chi connectivity index (χ2n) is 12.5. The lowest BCUT2D eigenvalue weighted by Gasteiger charge is -2.34. The van der Waals surface area contributed by atoms with Crippen LogP contribution in [0.1, 0.15) is 59.8 Å². The maximum Gasteiger partial charge on any atom is 0.410 e. The molecular weight excluding hydrogens is 558 g/mol. The fourth-order valence-corrected chi connectivity index (χ4v) is 8.53. The molecule has 0 N–H and O–H groups in total. The number of benzene rings is 2. The van der Waals surface area contributed by atoms with Crippen molar-refractivity contribution in [2.75, 3.05) is 19.6 Å². The zero-order valence-electron chi connectivity index (χ0n) is 24.6. The first-order valence-electron chi connectivity index (χ1n) is 14.7. The molecule has 10 nitrogen and oxygen atoms in total. The van der Waals surface area contributed by atoms with Gasteiger partial charge in [0.1, 0.15) is 5.60 Å². The average molecular weight is 598 g/mol. The first kappa shape index (κ1) is 30.0. The van der Waals surface area contributed by atoms with Gasteiger partial charge >= 0.3 is 6.09 Å². The summed E-state index contributed by atoms with van der Waals surface area (Å²) in [7, 11) is -4.23. The quantitative estimate of drug-likeness (QED) is 0.462. The highest BCUT2D eigenvalue weighted by molar-refractivity contribution is 7.90. The zero-order chi connectivity index (χ0) is 30.4. The maximum atomic E-state index is 14.1. The largest absolute Gasteiger partial charge is 0.444 e. The fourth-order valence-electron chi connectivity index (χ4n) is 6.65. The van der Waals surface area contributed by atoms with Gasteiger partial charge in [-0.2, -0.15) is 0 Å². The number of fused-ring (bicyclic) bond motifs is 2. The van der Waals surface area contributed by atoms with Crippen LogP contribution >= 0.6 is 0 Å². The van der Waals surface area contributed by atoms with Crippen LogP contribution in [0.4, 0.5) is 4.79 Å². The molecule has 0 aromatic heterocycles. The third kappa shape index (κ3) is 5.39. The van der Waals surface area contributed by atoms with Gasteiger partial charge in [-0.25, -0.2) is 17.5 Å². The van der Waals surface area contributed by atoms with Crippen LogP contribution < -0.4 is 0 Å². The Morgan fingerprint density at radius 1 is 0.952 bits per heavy atom. The monoisotopic (exact) mass is 597 g/mol. The fraction of sp³-hybridized carbons (Fsp3) is 0.548. The second-order valence-corrected chi connectivity index (χ2v) is 14.2. The molecule has 11 heteroatoms. The summed E-state index contributed by atoms with van der Waals surface area (Å²) in [6.45, 7) is 8.09. The summed E-state index contributed by atoms with van der Waals surface area (Å²) in [5.41, 5.74) is -0.630. The topological polar surface area (TPSA) is 121 Å². The molecule has 0 unspecified atom stereocenters. The highest BCUT2D eigenvalue weighted by Gasteiger charge is 2.59. The number of hydrogen-bond acceptors (Lipinski definition) is 7. The van der Waals surface area contributed by atoms with Gasteiger partial charge in [0.2, 0.25) is 11.7 Å². The van der Waals surface area contributed by atoms with Crippen molar-refractivity contribution in [2.24, 2.45) is 11.8 Å². The molecule has 226 valence electrons. The van der Waals surface area contributed by atoms with Crippen molar-refractivity contribution in [3.05, 3.63) is 42.5 Å². The maximum absolute atomic E-state index is 14.1. The van der Waals surface area contributed by atoms with E-state index < -0.39 is 63.2 Å². The number of carbonyl (C=O) groups is 4. The number of sulfonamides is 1. The molecule has 42 heavy (non-hydrogen) atoms. The Bertz CT molecular complexity index is 1500. The number of amides is 3. The number of likely N-dealkylation sites (tertiary alicyclic amines) is 2. The van der Waals surface area contributed by atoms with Crippen molar-refractivity contribution in [1.82, 2.24) is 14.1 Å². The Kier molecular flexibility index (Phi) is 8.08. The van der Waals surface area contributed by atoms with Gasteiger partial charge < -0.3 is 14.5 Å². The van der Waals surface area contributed by atoms with Crippen LogP contribution in [0.15, 0.2) is 47.4 Å². The minimum absolute atomic E-state index is 0.0578. The molecule has 3 atom stereocenters. The summed E-state index contributed by atoms with van der Waals surface area (Å²) >= 11 is 0. The second kappa shape index (κ2) is 11.3. The van der Waals surface area contributed by atoms with Crippen molar-refractivity contribution in [3.63, 3.8) is 0 Å². The van der Waals surface area contributed by atoms with Crippen LogP contribution in [0.5, 0.6) is 0 Å². The third-order valence-electron chi connectivity index (χ3n) is 8.54. The number of ketones is 1. The highest BCUT2D eigenvalue weighted by atomic mass is 32.2. The molecule has 3 heterocycles. The normalized spacial score (nSPS) is 23.4. The summed E-state index contributed by atoms with van der Waals surface area (Å²) in [6, 6.07) is 10.7. The summed E-state index contributed by atoms with van der Waals surface area (Å²) in [4.78, 5) is 56.3. The standard InChI is InChI=1S/C31H39N3O7S/c1-5-9-23-26-24(34(28(23)36)42(39,40)25-13-8-11-20-10-6-7-12-22(20)25)16-19-33(26)29(37)27(35)21-14-17-32(18-15-21)30(38)41-31(2,3)4/h6-8,10-13,21,23-24,26H,5,9,14-19H2,1-4H3/t23-,24+,26-/m1/s1. The van der Waals surface area contributed by atoms with Gasteiger partial charge in [-0.05, 0) is 57.9 Å². The molecule has 3 aliphatic rings. The minimum Gasteiger partial charge on any atom is -0.444 e. The molecule has 0 saturated carbocycles. The molecule has 3 amide bonds. The van der Waals surface area contributed by atoms with Gasteiger partial charge in [-0.1, -0.05) is 49.7 Å². The van der Waals surface area contributed by atoms with Gasteiger partial charge in [-0.15, -0.1) is 0 Å². The number of hydrogen-bond donors (Lipinski definition) is 0. The summed E-state index contributed by atoms with van der Waals surface area (Å²) in [5.74, 6) is -2.99. The van der Waals surface area contributed by atoms with E-state index >= 15 is 0 Å². The predicted octanol–water partition coefficient (Wildman–Crippen LogP) is 3.97. The smallest absolute Gasteiger partial charge is 0.410 e. The zero-order valence-corrected chi connectivity index (χ0v) is 25.4. The summed E-state index contributed by atoms with van der Waals surface area (Å²) in [5, 5.41) is 1.28. The Hall–Kier alpha value is -3.47. The SMILES string of the molecule is CCC[C@H]1C(=O)N(S(=O)(=O)c2cccc3ccccc23)[C@H]2CCN(C(=O)C(=O)C3CCN(C(=O)OC(C)(C)C)CC3)[C@H]12. The molecule has 0 aliphatic carbocycles. The van der Waals surface area contributed by atoms with Crippen LogP contribution in [0.3, 0.4) is 0 Å². The molecule has 0 bridgehead atoms. The molecule has 0 radical (unpaired) electrons. The first-order chi connectivity index (χ1) is 19.8. The molecule has 3 fully saturated rings. The summed E-state index contributed by atoms with van der Waals surface area (Å²) < 4.78 is 34.6. The van der Waals surface area contributed by atoms with E-state index in [1.807, 2.05) is 25.1 Å². The molecule has 2 aromatic carbocycles.